The molecule has 1 unspecified atom stereocenters. The summed E-state index contributed by atoms with van der Waals surface area (Å²) in [5.74, 6) is 3.03. The second-order valence-electron chi connectivity index (χ2n) is 4.86. The zero-order chi connectivity index (χ0) is 11.8. The summed E-state index contributed by atoms with van der Waals surface area (Å²) in [7, 11) is 0. The van der Waals surface area contributed by atoms with Gasteiger partial charge in [-0.25, -0.2) is 0 Å². The first-order valence-electron chi connectivity index (χ1n) is 6.11. The highest BCUT2D eigenvalue weighted by molar-refractivity contribution is 14.1. The molecule has 0 fully saturated rings. The van der Waals surface area contributed by atoms with E-state index in [0.29, 0.717) is 0 Å². The van der Waals surface area contributed by atoms with Crippen molar-refractivity contribution in [2.75, 3.05) is 0 Å². The molecule has 2 heteroatoms. The van der Waals surface area contributed by atoms with Gasteiger partial charge in [0.15, 0.2) is 0 Å². The summed E-state index contributed by atoms with van der Waals surface area (Å²) in [6.07, 6.45) is 3.56. The van der Waals surface area contributed by atoms with Gasteiger partial charge in [0.2, 0.25) is 0 Å². The van der Waals surface area contributed by atoms with Crippen LogP contribution in [-0.2, 0) is 12.8 Å². The predicted molar refractivity (Wildman–Crippen MR) is 78.1 cm³/mol. The molecule has 0 amide bonds. The second kappa shape index (κ2) is 4.48. The lowest BCUT2D eigenvalue weighted by Crippen LogP contribution is -2.09. The quantitative estimate of drug-likeness (QED) is 0.689. The Labute approximate surface area is 115 Å². The Balaban J connectivity index is 2.08. The molecule has 1 aliphatic carbocycles. The van der Waals surface area contributed by atoms with Gasteiger partial charge in [-0.3, -0.25) is 0 Å². The molecular weight excluding hydrogens is 323 g/mol. The van der Waals surface area contributed by atoms with Crippen molar-refractivity contribution in [3.05, 3.63) is 45.2 Å². The minimum Gasteiger partial charge on any atom is -0.460 e. The van der Waals surface area contributed by atoms with Crippen LogP contribution in [0.5, 0.6) is 0 Å². The molecule has 0 N–H and O–H groups in total. The molecule has 0 aliphatic heterocycles. The second-order valence-corrected chi connectivity index (χ2v) is 5.94. The number of hydrogen-bond acceptors (Lipinski definition) is 1. The molecule has 1 aromatic carbocycles. The normalized spacial score (nSPS) is 19.1. The first kappa shape index (κ1) is 11.3. The third-order valence-corrected chi connectivity index (χ3v) is 4.62. The van der Waals surface area contributed by atoms with Crippen molar-refractivity contribution >= 4 is 22.6 Å². The molecule has 3 rings (SSSR count). The first-order valence-corrected chi connectivity index (χ1v) is 7.19. The minimum atomic E-state index is 0.757. The van der Waals surface area contributed by atoms with Gasteiger partial charge < -0.3 is 4.42 Å². The smallest absolute Gasteiger partial charge is 0.147 e. The van der Waals surface area contributed by atoms with E-state index in [4.69, 9.17) is 4.42 Å². The molecular formula is C15H15IO. The van der Waals surface area contributed by atoms with Crippen LogP contribution in [0.3, 0.4) is 0 Å². The average Bonchev–Trinajstić information content (AvgIpc) is 2.67. The van der Waals surface area contributed by atoms with E-state index >= 15 is 0 Å². The zero-order valence-corrected chi connectivity index (χ0v) is 12.0. The molecule has 2 aromatic rings. The SMILES string of the molecule is CC1CCc2c(oc(-c3ccccc3)c2I)C1. The zero-order valence-electron chi connectivity index (χ0n) is 9.87. The molecule has 0 saturated heterocycles. The lowest BCUT2D eigenvalue weighted by molar-refractivity contribution is 0.418. The van der Waals surface area contributed by atoms with Crippen LogP contribution in [0.25, 0.3) is 11.3 Å². The number of benzene rings is 1. The number of furan rings is 1. The van der Waals surface area contributed by atoms with Gasteiger partial charge in [0, 0.05) is 17.5 Å². The lowest BCUT2D eigenvalue weighted by Gasteiger charge is -2.16. The summed E-state index contributed by atoms with van der Waals surface area (Å²) < 4.78 is 7.40. The molecule has 1 atom stereocenters. The van der Waals surface area contributed by atoms with Gasteiger partial charge in [0.25, 0.3) is 0 Å². The maximum absolute atomic E-state index is 6.09. The Morgan fingerprint density at radius 2 is 2.00 bits per heavy atom. The van der Waals surface area contributed by atoms with Crippen molar-refractivity contribution in [1.82, 2.24) is 0 Å². The van der Waals surface area contributed by atoms with E-state index in [1.165, 1.54) is 33.3 Å². The Bertz CT molecular complexity index is 527. The third kappa shape index (κ3) is 2.03. The summed E-state index contributed by atoms with van der Waals surface area (Å²) in [6, 6.07) is 10.4. The number of halogens is 1. The van der Waals surface area contributed by atoms with E-state index in [0.717, 1.165) is 18.1 Å². The first-order chi connectivity index (χ1) is 8.25. The summed E-state index contributed by atoms with van der Waals surface area (Å²) in [4.78, 5) is 0. The van der Waals surface area contributed by atoms with Gasteiger partial charge in [-0.1, -0.05) is 37.3 Å². The van der Waals surface area contributed by atoms with Crippen molar-refractivity contribution in [2.24, 2.45) is 5.92 Å². The van der Waals surface area contributed by atoms with Crippen LogP contribution in [0.2, 0.25) is 0 Å². The Morgan fingerprint density at radius 1 is 1.24 bits per heavy atom. The summed E-state index contributed by atoms with van der Waals surface area (Å²) in [6.45, 7) is 2.31. The molecule has 1 aromatic heterocycles. The maximum atomic E-state index is 6.09. The van der Waals surface area contributed by atoms with Crippen LogP contribution in [0.4, 0.5) is 0 Å². The average molecular weight is 338 g/mol. The highest BCUT2D eigenvalue weighted by Crippen LogP contribution is 2.37. The van der Waals surface area contributed by atoms with E-state index in [1.54, 1.807) is 0 Å². The monoisotopic (exact) mass is 338 g/mol. The fourth-order valence-corrected chi connectivity index (χ4v) is 3.48. The van der Waals surface area contributed by atoms with E-state index in [-0.39, 0.29) is 0 Å². The number of hydrogen-bond donors (Lipinski definition) is 0. The summed E-state index contributed by atoms with van der Waals surface area (Å²) in [5.41, 5.74) is 2.64. The number of fused-ring (bicyclic) bond motifs is 1. The molecule has 17 heavy (non-hydrogen) atoms. The van der Waals surface area contributed by atoms with Crippen LogP contribution < -0.4 is 0 Å². The molecule has 0 saturated carbocycles. The molecule has 0 radical (unpaired) electrons. The van der Waals surface area contributed by atoms with Gasteiger partial charge in [-0.2, -0.15) is 0 Å². The Hall–Kier alpha value is -0.770. The van der Waals surface area contributed by atoms with Crippen LogP contribution in [0.1, 0.15) is 24.7 Å². The topological polar surface area (TPSA) is 13.1 Å². The van der Waals surface area contributed by atoms with Crippen molar-refractivity contribution < 1.29 is 4.42 Å². The Kier molecular flexibility index (Phi) is 2.99. The minimum absolute atomic E-state index is 0.757. The molecule has 88 valence electrons. The van der Waals surface area contributed by atoms with Crippen LogP contribution in [0.15, 0.2) is 34.7 Å². The molecule has 1 nitrogen and oxygen atoms in total. The van der Waals surface area contributed by atoms with Crippen molar-refractivity contribution in [1.29, 1.82) is 0 Å². The highest BCUT2D eigenvalue weighted by atomic mass is 127. The molecule has 1 aliphatic rings. The van der Waals surface area contributed by atoms with E-state index in [9.17, 15) is 0 Å². The number of rotatable bonds is 1. The van der Waals surface area contributed by atoms with E-state index in [1.807, 2.05) is 6.07 Å². The van der Waals surface area contributed by atoms with Crippen LogP contribution in [-0.4, -0.2) is 0 Å². The van der Waals surface area contributed by atoms with Crippen LogP contribution >= 0.6 is 22.6 Å². The van der Waals surface area contributed by atoms with Gasteiger partial charge in [-0.15, -0.1) is 0 Å². The molecule has 0 bridgehead atoms. The highest BCUT2D eigenvalue weighted by Gasteiger charge is 2.24. The lowest BCUT2D eigenvalue weighted by atomic mass is 9.90. The van der Waals surface area contributed by atoms with Gasteiger partial charge in [-0.05, 0) is 41.4 Å². The summed E-state index contributed by atoms with van der Waals surface area (Å²) >= 11 is 2.44. The van der Waals surface area contributed by atoms with Gasteiger partial charge in [0.1, 0.15) is 11.5 Å². The summed E-state index contributed by atoms with van der Waals surface area (Å²) in [5, 5.41) is 0. The molecule has 0 spiro atoms. The van der Waals surface area contributed by atoms with Crippen molar-refractivity contribution in [3.8, 4) is 11.3 Å². The largest absolute Gasteiger partial charge is 0.460 e. The Morgan fingerprint density at radius 3 is 2.76 bits per heavy atom. The van der Waals surface area contributed by atoms with E-state index < -0.39 is 0 Å². The predicted octanol–water partition coefficient (Wildman–Crippen LogP) is 4.68. The standard InChI is InChI=1S/C15H15IO/c1-10-7-8-12-13(9-10)17-15(14(12)16)11-5-3-2-4-6-11/h2-6,10H,7-9H2,1H3. The van der Waals surface area contributed by atoms with Crippen molar-refractivity contribution in [3.63, 3.8) is 0 Å². The van der Waals surface area contributed by atoms with Crippen molar-refractivity contribution in [2.45, 2.75) is 26.2 Å². The maximum Gasteiger partial charge on any atom is 0.147 e. The van der Waals surface area contributed by atoms with Gasteiger partial charge in [0.05, 0.1) is 3.57 Å². The fraction of sp³-hybridized carbons (Fsp3) is 0.333. The van der Waals surface area contributed by atoms with Gasteiger partial charge >= 0.3 is 0 Å². The fourth-order valence-electron chi connectivity index (χ4n) is 2.49. The van der Waals surface area contributed by atoms with Crippen LogP contribution in [0, 0.1) is 9.49 Å². The molecule has 1 heterocycles. The van der Waals surface area contributed by atoms with E-state index in [2.05, 4.69) is 53.8 Å². The third-order valence-electron chi connectivity index (χ3n) is 3.48.